The van der Waals surface area contributed by atoms with E-state index in [1.807, 2.05) is 0 Å². The van der Waals surface area contributed by atoms with Gasteiger partial charge in [0.15, 0.2) is 0 Å². The van der Waals surface area contributed by atoms with Crippen LogP contribution in [0, 0.1) is 11.8 Å². The zero-order valence-corrected chi connectivity index (χ0v) is 16.8. The number of rotatable bonds is 8. The summed E-state index contributed by atoms with van der Waals surface area (Å²) in [5.41, 5.74) is 6.34. The van der Waals surface area contributed by atoms with Gasteiger partial charge < -0.3 is 20.9 Å². The molecule has 2 atom stereocenters. The molecular weight excluding hydrogens is 401 g/mol. The number of nitrogens with two attached hydrogens (primary N) is 1. The second kappa shape index (κ2) is 9.91. The van der Waals surface area contributed by atoms with Crippen molar-refractivity contribution in [3.63, 3.8) is 0 Å². The molecule has 4 N–H and O–H groups in total. The number of nitrogens with zero attached hydrogens (tertiary/aromatic N) is 2. The third kappa shape index (κ3) is 6.28. The first kappa shape index (κ1) is 22.7. The number of anilines is 1. The van der Waals surface area contributed by atoms with Crippen LogP contribution >= 0.6 is 0 Å². The Morgan fingerprint density at radius 3 is 2.53 bits per heavy atom. The van der Waals surface area contributed by atoms with Gasteiger partial charge in [-0.25, -0.2) is 9.97 Å². The summed E-state index contributed by atoms with van der Waals surface area (Å²) in [5.74, 6) is 0.242. The standard InChI is InChI=1S/C20H29F3N4O3/c21-20(22,23)11-30-15-6-4-14(5-7-15)26-19-25-9-16(18(24)29)17(27-19)8-12-2-1-3-13(12)10-28/h9,12-15,28H,1-8,10-11H2,(H2,24,29)(H,25,26,27)/t12-,13-,14?,15?/m0/s1. The molecule has 0 radical (unpaired) electrons. The smallest absolute Gasteiger partial charge is 0.396 e. The number of aromatic nitrogens is 2. The van der Waals surface area contributed by atoms with Crippen molar-refractivity contribution in [2.75, 3.05) is 18.5 Å². The van der Waals surface area contributed by atoms with E-state index in [-0.39, 0.29) is 30.0 Å². The molecule has 2 fully saturated rings. The Hall–Kier alpha value is -1.94. The largest absolute Gasteiger partial charge is 0.411 e. The monoisotopic (exact) mass is 430 g/mol. The zero-order valence-electron chi connectivity index (χ0n) is 16.8. The maximum atomic E-state index is 12.3. The minimum absolute atomic E-state index is 0.0275. The lowest BCUT2D eigenvalue weighted by molar-refractivity contribution is -0.187. The second-order valence-corrected chi connectivity index (χ2v) is 8.30. The Bertz CT molecular complexity index is 724. The van der Waals surface area contributed by atoms with Gasteiger partial charge in [0.25, 0.3) is 5.91 Å². The highest BCUT2D eigenvalue weighted by Crippen LogP contribution is 2.34. The summed E-state index contributed by atoms with van der Waals surface area (Å²) in [5, 5.41) is 12.8. The van der Waals surface area contributed by atoms with Crippen LogP contribution in [0.3, 0.4) is 0 Å². The number of aliphatic hydroxyl groups excluding tert-OH is 1. The van der Waals surface area contributed by atoms with E-state index in [4.69, 9.17) is 10.5 Å². The maximum Gasteiger partial charge on any atom is 0.411 e. The van der Waals surface area contributed by atoms with E-state index in [9.17, 15) is 23.1 Å². The molecule has 2 aliphatic carbocycles. The summed E-state index contributed by atoms with van der Waals surface area (Å²) in [7, 11) is 0. The number of nitrogens with one attached hydrogen (secondary N) is 1. The average molecular weight is 430 g/mol. The number of hydrogen-bond acceptors (Lipinski definition) is 6. The highest BCUT2D eigenvalue weighted by Gasteiger charge is 2.31. The molecule has 2 aliphatic rings. The molecule has 2 saturated carbocycles. The number of ether oxygens (including phenoxy) is 1. The quantitative estimate of drug-likeness (QED) is 0.585. The molecule has 30 heavy (non-hydrogen) atoms. The number of alkyl halides is 3. The van der Waals surface area contributed by atoms with Crippen LogP contribution in [0.1, 0.15) is 61.0 Å². The third-order valence-electron chi connectivity index (χ3n) is 6.13. The Morgan fingerprint density at radius 2 is 1.90 bits per heavy atom. The fourth-order valence-corrected chi connectivity index (χ4v) is 4.49. The molecule has 168 valence electrons. The van der Waals surface area contributed by atoms with Crippen molar-refractivity contribution in [3.05, 3.63) is 17.5 Å². The Kier molecular flexibility index (Phi) is 7.51. The van der Waals surface area contributed by atoms with E-state index in [0.29, 0.717) is 43.7 Å². The molecule has 1 aromatic heterocycles. The highest BCUT2D eigenvalue weighted by molar-refractivity contribution is 5.93. The van der Waals surface area contributed by atoms with Crippen molar-refractivity contribution >= 4 is 11.9 Å². The van der Waals surface area contributed by atoms with Crippen LogP contribution in [0.15, 0.2) is 6.20 Å². The van der Waals surface area contributed by atoms with Gasteiger partial charge >= 0.3 is 6.18 Å². The van der Waals surface area contributed by atoms with E-state index < -0.39 is 24.8 Å². The number of amides is 1. The van der Waals surface area contributed by atoms with Gasteiger partial charge in [0.05, 0.1) is 17.4 Å². The lowest BCUT2D eigenvalue weighted by Crippen LogP contribution is -2.32. The van der Waals surface area contributed by atoms with Gasteiger partial charge in [0.1, 0.15) is 6.61 Å². The molecule has 0 bridgehead atoms. The summed E-state index contributed by atoms with van der Waals surface area (Å²) in [6.45, 7) is -1.10. The fourth-order valence-electron chi connectivity index (χ4n) is 4.49. The third-order valence-corrected chi connectivity index (χ3v) is 6.13. The molecule has 0 saturated heterocycles. The van der Waals surface area contributed by atoms with Gasteiger partial charge in [-0.3, -0.25) is 4.79 Å². The molecule has 1 aromatic rings. The average Bonchev–Trinajstić information content (AvgIpc) is 3.14. The first-order valence-electron chi connectivity index (χ1n) is 10.5. The zero-order chi connectivity index (χ0) is 21.7. The minimum Gasteiger partial charge on any atom is -0.396 e. The Morgan fingerprint density at radius 1 is 1.20 bits per heavy atom. The van der Waals surface area contributed by atoms with Crippen molar-refractivity contribution in [1.82, 2.24) is 9.97 Å². The van der Waals surface area contributed by atoms with Crippen LogP contribution in [0.4, 0.5) is 19.1 Å². The summed E-state index contributed by atoms with van der Waals surface area (Å²) >= 11 is 0. The van der Waals surface area contributed by atoms with Crippen LogP contribution in [0.2, 0.25) is 0 Å². The molecule has 0 spiro atoms. The molecule has 0 unspecified atom stereocenters. The van der Waals surface area contributed by atoms with Crippen LogP contribution in [-0.2, 0) is 11.2 Å². The van der Waals surface area contributed by atoms with Crippen molar-refractivity contribution in [1.29, 1.82) is 0 Å². The summed E-state index contributed by atoms with van der Waals surface area (Å²) in [6, 6.07) is 0.0275. The Labute approximate surface area is 173 Å². The first-order valence-corrected chi connectivity index (χ1v) is 10.5. The number of carbonyl (C=O) groups excluding carboxylic acids is 1. The van der Waals surface area contributed by atoms with E-state index in [2.05, 4.69) is 15.3 Å². The molecular formula is C20H29F3N4O3. The summed E-state index contributed by atoms with van der Waals surface area (Å²) < 4.78 is 41.8. The normalized spacial score (nSPS) is 27.2. The number of primary amides is 1. The van der Waals surface area contributed by atoms with Crippen molar-refractivity contribution < 1.29 is 27.8 Å². The summed E-state index contributed by atoms with van der Waals surface area (Å²) in [6.07, 6.45) is 2.60. The number of halogens is 3. The lowest BCUT2D eigenvalue weighted by atomic mass is 9.91. The minimum atomic E-state index is -4.31. The predicted molar refractivity (Wildman–Crippen MR) is 104 cm³/mol. The molecule has 0 aromatic carbocycles. The SMILES string of the molecule is NC(=O)c1cnc(NC2CCC(OCC(F)(F)F)CC2)nc1C[C@@H]1CCC[C@H]1CO. The van der Waals surface area contributed by atoms with Gasteiger partial charge in [-0.2, -0.15) is 13.2 Å². The summed E-state index contributed by atoms with van der Waals surface area (Å²) in [4.78, 5) is 20.5. The molecule has 1 amide bonds. The van der Waals surface area contributed by atoms with Gasteiger partial charge in [-0.05, 0) is 56.8 Å². The van der Waals surface area contributed by atoms with Crippen molar-refractivity contribution in [3.8, 4) is 0 Å². The van der Waals surface area contributed by atoms with Gasteiger partial charge in [0.2, 0.25) is 5.95 Å². The van der Waals surface area contributed by atoms with Gasteiger partial charge in [0, 0.05) is 18.8 Å². The maximum absolute atomic E-state index is 12.3. The molecule has 0 aliphatic heterocycles. The van der Waals surface area contributed by atoms with Crippen LogP contribution in [0.25, 0.3) is 0 Å². The van der Waals surface area contributed by atoms with Crippen LogP contribution < -0.4 is 11.1 Å². The topological polar surface area (TPSA) is 110 Å². The molecule has 1 heterocycles. The van der Waals surface area contributed by atoms with E-state index in [1.54, 1.807) is 0 Å². The van der Waals surface area contributed by atoms with Crippen molar-refractivity contribution in [2.24, 2.45) is 17.6 Å². The highest BCUT2D eigenvalue weighted by atomic mass is 19.4. The van der Waals surface area contributed by atoms with E-state index in [0.717, 1.165) is 19.3 Å². The van der Waals surface area contributed by atoms with Gasteiger partial charge in [-0.15, -0.1) is 0 Å². The van der Waals surface area contributed by atoms with E-state index >= 15 is 0 Å². The van der Waals surface area contributed by atoms with Gasteiger partial charge in [-0.1, -0.05) is 6.42 Å². The molecule has 10 heteroatoms. The van der Waals surface area contributed by atoms with E-state index in [1.165, 1.54) is 6.20 Å². The Balaban J connectivity index is 1.59. The van der Waals surface area contributed by atoms with Crippen molar-refractivity contribution in [2.45, 2.75) is 69.7 Å². The fraction of sp³-hybridized carbons (Fsp3) is 0.750. The number of aliphatic hydroxyl groups is 1. The lowest BCUT2D eigenvalue weighted by Gasteiger charge is -2.29. The van der Waals surface area contributed by atoms with Crippen LogP contribution in [-0.4, -0.2) is 52.5 Å². The molecule has 7 nitrogen and oxygen atoms in total. The number of carbonyl (C=O) groups is 1. The van der Waals surface area contributed by atoms with Crippen LogP contribution in [0.5, 0.6) is 0 Å². The molecule has 3 rings (SSSR count). The predicted octanol–water partition coefficient (Wildman–Crippen LogP) is 2.83. The second-order valence-electron chi connectivity index (χ2n) is 8.30. The number of hydrogen-bond donors (Lipinski definition) is 3. The first-order chi connectivity index (χ1) is 14.2.